The van der Waals surface area contributed by atoms with Crippen molar-refractivity contribution in [3.63, 3.8) is 0 Å². The topological polar surface area (TPSA) is 43.1 Å². The number of allylic oxidation sites excluding steroid dienone is 1. The lowest BCUT2D eigenvalue weighted by Crippen LogP contribution is -1.95. The number of nitrogens with two attached hydrogens (primary N) is 1. The Morgan fingerprint density at radius 2 is 1.86 bits per heavy atom. The van der Waals surface area contributed by atoms with Gasteiger partial charge in [-0.1, -0.05) is 12.2 Å². The zero-order valence-corrected chi connectivity index (χ0v) is 7.34. The van der Waals surface area contributed by atoms with Gasteiger partial charge in [-0.2, -0.15) is 0 Å². The van der Waals surface area contributed by atoms with Crippen LogP contribution in [0, 0.1) is 11.6 Å². The highest BCUT2D eigenvalue weighted by molar-refractivity contribution is 5.59. The Morgan fingerprint density at radius 3 is 2.36 bits per heavy atom. The van der Waals surface area contributed by atoms with Gasteiger partial charge in [0.1, 0.15) is 23.6 Å². The molecule has 0 aromatic heterocycles. The largest absolute Gasteiger partial charge is 0.394 e. The number of carbonyl (C=O) groups is 1. The summed E-state index contributed by atoms with van der Waals surface area (Å²) in [4.78, 5) is 9.96. The summed E-state index contributed by atoms with van der Waals surface area (Å²) in [6.45, 7) is 0. The van der Waals surface area contributed by atoms with Crippen molar-refractivity contribution in [2.45, 2.75) is 6.42 Å². The third-order valence-electron chi connectivity index (χ3n) is 1.64. The minimum absolute atomic E-state index is 0.216. The second-order valence-corrected chi connectivity index (χ2v) is 2.70. The Balaban J connectivity index is 2.95. The van der Waals surface area contributed by atoms with Gasteiger partial charge >= 0.3 is 0 Å². The summed E-state index contributed by atoms with van der Waals surface area (Å²) in [5.41, 5.74) is 4.93. The van der Waals surface area contributed by atoms with Gasteiger partial charge < -0.3 is 10.5 Å². The minimum atomic E-state index is -0.796. The number of halogens is 2. The lowest BCUT2D eigenvalue weighted by Gasteiger charge is -2.00. The normalized spacial score (nSPS) is 10.7. The van der Waals surface area contributed by atoms with Crippen LogP contribution >= 0.6 is 0 Å². The van der Waals surface area contributed by atoms with Crippen molar-refractivity contribution in [3.8, 4) is 0 Å². The first-order valence-corrected chi connectivity index (χ1v) is 4.00. The Kier molecular flexibility index (Phi) is 3.34. The van der Waals surface area contributed by atoms with Gasteiger partial charge in [0.05, 0.1) is 0 Å². The van der Waals surface area contributed by atoms with Crippen LogP contribution < -0.4 is 5.73 Å². The van der Waals surface area contributed by atoms with E-state index in [9.17, 15) is 13.6 Å². The first kappa shape index (κ1) is 10.4. The molecular weight excluding hydrogens is 188 g/mol. The highest BCUT2D eigenvalue weighted by atomic mass is 19.1. The van der Waals surface area contributed by atoms with Crippen LogP contribution in [-0.2, 0) is 4.79 Å². The fourth-order valence-electron chi connectivity index (χ4n) is 0.960. The van der Waals surface area contributed by atoms with Crippen LogP contribution in [0.25, 0.3) is 6.08 Å². The molecule has 0 fully saturated rings. The van der Waals surface area contributed by atoms with Crippen LogP contribution in [0.5, 0.6) is 0 Å². The zero-order valence-electron chi connectivity index (χ0n) is 7.34. The molecule has 0 bridgehead atoms. The summed E-state index contributed by atoms with van der Waals surface area (Å²) in [6, 6.07) is 2.22. The van der Waals surface area contributed by atoms with E-state index in [2.05, 4.69) is 0 Å². The summed E-state index contributed by atoms with van der Waals surface area (Å²) >= 11 is 0. The predicted molar refractivity (Wildman–Crippen MR) is 50.5 cm³/mol. The zero-order chi connectivity index (χ0) is 10.6. The lowest BCUT2D eigenvalue weighted by molar-refractivity contribution is -0.107. The molecule has 2 nitrogen and oxygen atoms in total. The average Bonchev–Trinajstić information content (AvgIpc) is 2.14. The Bertz CT molecular complexity index is 351. The summed E-state index contributed by atoms with van der Waals surface area (Å²) in [7, 11) is 0. The quantitative estimate of drug-likeness (QED) is 0.596. The molecule has 0 aliphatic carbocycles. The molecular formula is C10H9F2NO. The number of aldehydes is 1. The third-order valence-corrected chi connectivity index (χ3v) is 1.64. The maximum Gasteiger partial charge on any atom is 0.149 e. The van der Waals surface area contributed by atoms with Crippen molar-refractivity contribution in [1.29, 1.82) is 0 Å². The molecule has 14 heavy (non-hydrogen) atoms. The van der Waals surface area contributed by atoms with E-state index in [1.807, 2.05) is 0 Å². The van der Waals surface area contributed by atoms with E-state index < -0.39 is 17.3 Å². The Morgan fingerprint density at radius 1 is 1.29 bits per heavy atom. The average molecular weight is 197 g/mol. The summed E-state index contributed by atoms with van der Waals surface area (Å²) in [5.74, 6) is -1.59. The fourth-order valence-corrected chi connectivity index (χ4v) is 0.960. The SMILES string of the molecule is Nc1c(F)cc(C=CCC=O)cc1F. The summed E-state index contributed by atoms with van der Waals surface area (Å²) < 4.78 is 25.8. The van der Waals surface area contributed by atoms with E-state index in [4.69, 9.17) is 5.73 Å². The van der Waals surface area contributed by atoms with Crippen LogP contribution in [0.3, 0.4) is 0 Å². The van der Waals surface area contributed by atoms with Gasteiger partial charge in [0.25, 0.3) is 0 Å². The molecule has 74 valence electrons. The lowest BCUT2D eigenvalue weighted by atomic mass is 10.1. The molecule has 4 heteroatoms. The molecule has 0 radical (unpaired) electrons. The van der Waals surface area contributed by atoms with Gasteiger partial charge in [0.2, 0.25) is 0 Å². The number of rotatable bonds is 3. The van der Waals surface area contributed by atoms with Crippen LogP contribution in [0.2, 0.25) is 0 Å². The van der Waals surface area contributed by atoms with Crippen molar-refractivity contribution in [2.75, 3.05) is 5.73 Å². The maximum absolute atomic E-state index is 12.9. The Hall–Kier alpha value is -1.71. The highest BCUT2D eigenvalue weighted by Gasteiger charge is 2.05. The highest BCUT2D eigenvalue weighted by Crippen LogP contribution is 2.17. The summed E-state index contributed by atoms with van der Waals surface area (Å²) in [6.07, 6.45) is 3.88. The van der Waals surface area contributed by atoms with Crippen molar-refractivity contribution in [3.05, 3.63) is 35.4 Å². The molecule has 0 heterocycles. The van der Waals surface area contributed by atoms with Gasteiger partial charge in [-0.15, -0.1) is 0 Å². The van der Waals surface area contributed by atoms with E-state index in [-0.39, 0.29) is 6.42 Å². The van der Waals surface area contributed by atoms with E-state index in [0.717, 1.165) is 12.1 Å². The standard InChI is InChI=1S/C10H9F2NO/c11-8-5-7(3-1-2-4-14)6-9(12)10(8)13/h1,3-6H,2,13H2. The molecule has 1 aromatic carbocycles. The van der Waals surface area contributed by atoms with Crippen LogP contribution in [0.15, 0.2) is 18.2 Å². The van der Waals surface area contributed by atoms with Gasteiger partial charge in [-0.05, 0) is 17.7 Å². The molecule has 0 saturated carbocycles. The van der Waals surface area contributed by atoms with E-state index in [1.165, 1.54) is 12.2 Å². The van der Waals surface area contributed by atoms with Crippen molar-refractivity contribution >= 4 is 18.0 Å². The second-order valence-electron chi connectivity index (χ2n) is 2.70. The fraction of sp³-hybridized carbons (Fsp3) is 0.100. The van der Waals surface area contributed by atoms with Crippen LogP contribution in [0.1, 0.15) is 12.0 Å². The molecule has 0 aliphatic rings. The number of anilines is 1. The third kappa shape index (κ3) is 2.39. The van der Waals surface area contributed by atoms with Crippen molar-refractivity contribution in [1.82, 2.24) is 0 Å². The molecule has 1 rings (SSSR count). The maximum atomic E-state index is 12.9. The van der Waals surface area contributed by atoms with Crippen LogP contribution in [-0.4, -0.2) is 6.29 Å². The van der Waals surface area contributed by atoms with Gasteiger partial charge in [-0.3, -0.25) is 0 Å². The van der Waals surface area contributed by atoms with Crippen molar-refractivity contribution in [2.24, 2.45) is 0 Å². The monoisotopic (exact) mass is 197 g/mol. The van der Waals surface area contributed by atoms with E-state index in [1.54, 1.807) is 0 Å². The molecule has 2 N–H and O–H groups in total. The van der Waals surface area contributed by atoms with Gasteiger partial charge in [0.15, 0.2) is 0 Å². The number of carbonyl (C=O) groups excluding carboxylic acids is 1. The smallest absolute Gasteiger partial charge is 0.149 e. The number of nitrogen functional groups attached to an aromatic ring is 1. The minimum Gasteiger partial charge on any atom is -0.394 e. The number of hydrogen-bond acceptors (Lipinski definition) is 2. The number of hydrogen-bond donors (Lipinski definition) is 1. The Labute approximate surface area is 80.0 Å². The first-order chi connectivity index (χ1) is 6.65. The van der Waals surface area contributed by atoms with E-state index >= 15 is 0 Å². The molecule has 0 atom stereocenters. The van der Waals surface area contributed by atoms with Crippen molar-refractivity contribution < 1.29 is 13.6 Å². The van der Waals surface area contributed by atoms with E-state index in [0.29, 0.717) is 11.8 Å². The second kappa shape index (κ2) is 4.50. The molecule has 0 spiro atoms. The number of benzene rings is 1. The molecule has 1 aromatic rings. The first-order valence-electron chi connectivity index (χ1n) is 4.00. The summed E-state index contributed by atoms with van der Waals surface area (Å²) in [5, 5.41) is 0. The predicted octanol–water partition coefficient (Wildman–Crippen LogP) is 2.15. The molecule has 0 unspecified atom stereocenters. The van der Waals surface area contributed by atoms with Gasteiger partial charge in [0, 0.05) is 6.42 Å². The molecule has 0 saturated heterocycles. The molecule has 0 aliphatic heterocycles. The van der Waals surface area contributed by atoms with Gasteiger partial charge in [-0.25, -0.2) is 8.78 Å². The molecule has 0 amide bonds. The van der Waals surface area contributed by atoms with Crippen LogP contribution in [0.4, 0.5) is 14.5 Å².